The van der Waals surface area contributed by atoms with Crippen molar-refractivity contribution in [3.05, 3.63) is 82.1 Å². The van der Waals surface area contributed by atoms with Crippen LogP contribution < -0.4 is 10.1 Å². The summed E-state index contributed by atoms with van der Waals surface area (Å²) in [4.78, 5) is 12.7. The van der Waals surface area contributed by atoms with E-state index in [4.69, 9.17) is 27.9 Å². The summed E-state index contributed by atoms with van der Waals surface area (Å²) in [5.74, 6) is 1.33. The van der Waals surface area contributed by atoms with Gasteiger partial charge in [0, 0.05) is 17.9 Å². The van der Waals surface area contributed by atoms with Crippen molar-refractivity contribution in [1.82, 2.24) is 20.1 Å². The van der Waals surface area contributed by atoms with Crippen molar-refractivity contribution in [2.45, 2.75) is 23.5 Å². The van der Waals surface area contributed by atoms with Crippen molar-refractivity contribution in [3.63, 3.8) is 0 Å². The first-order valence-corrected chi connectivity index (χ1v) is 11.4. The van der Waals surface area contributed by atoms with Crippen LogP contribution >= 0.6 is 35.0 Å². The minimum absolute atomic E-state index is 0.339. The molecule has 0 radical (unpaired) electrons. The van der Waals surface area contributed by atoms with Crippen LogP contribution in [0, 0.1) is 0 Å². The fourth-order valence-electron chi connectivity index (χ4n) is 2.92. The normalized spacial score (nSPS) is 11.8. The first-order valence-electron chi connectivity index (χ1n) is 9.63. The smallest absolute Gasteiger partial charge is 0.251 e. The molecule has 0 unspecified atom stereocenters. The molecule has 0 saturated heterocycles. The standard InChI is InChI=1S/C22H22Cl2N4O3S/c1-3-10-28-20(19(12-29)25-21(30)15-5-7-16(31-2)8-6-15)26-27-22(28)32-13-14-4-9-17(23)18(24)11-14/h3-9,11,19,29H,1,10,12-13H2,2H3,(H,25,30)/t19-/m1/s1. The third-order valence-corrected chi connectivity index (χ3v) is 6.34. The van der Waals surface area contributed by atoms with Gasteiger partial charge >= 0.3 is 0 Å². The maximum atomic E-state index is 12.7. The summed E-state index contributed by atoms with van der Waals surface area (Å²) < 4.78 is 6.92. The molecule has 0 aliphatic carbocycles. The third-order valence-electron chi connectivity index (χ3n) is 4.56. The van der Waals surface area contributed by atoms with Crippen LogP contribution in [0.3, 0.4) is 0 Å². The number of aliphatic hydroxyl groups excluding tert-OH is 1. The average molecular weight is 493 g/mol. The zero-order valence-electron chi connectivity index (χ0n) is 17.3. The number of ether oxygens (including phenoxy) is 1. The number of allylic oxidation sites excluding steroid dienone is 1. The fourth-order valence-corrected chi connectivity index (χ4v) is 4.14. The summed E-state index contributed by atoms with van der Waals surface area (Å²) in [6, 6.07) is 11.4. The highest BCUT2D eigenvalue weighted by Crippen LogP contribution is 2.28. The molecule has 0 bridgehead atoms. The number of rotatable bonds is 10. The molecule has 10 heteroatoms. The van der Waals surface area contributed by atoms with Crippen LogP contribution in [0.5, 0.6) is 5.75 Å². The highest BCUT2D eigenvalue weighted by Gasteiger charge is 2.23. The quantitative estimate of drug-likeness (QED) is 0.319. The maximum absolute atomic E-state index is 12.7. The lowest BCUT2D eigenvalue weighted by atomic mass is 10.2. The Morgan fingerprint density at radius 3 is 2.62 bits per heavy atom. The molecule has 0 fully saturated rings. The highest BCUT2D eigenvalue weighted by molar-refractivity contribution is 7.98. The van der Waals surface area contributed by atoms with Gasteiger partial charge in [0.2, 0.25) is 0 Å². The number of halogens is 2. The minimum atomic E-state index is -0.739. The maximum Gasteiger partial charge on any atom is 0.251 e. The van der Waals surface area contributed by atoms with E-state index in [1.807, 2.05) is 10.6 Å². The molecule has 0 aliphatic heterocycles. The summed E-state index contributed by atoms with van der Waals surface area (Å²) in [7, 11) is 1.56. The lowest BCUT2D eigenvalue weighted by molar-refractivity contribution is 0.0911. The van der Waals surface area contributed by atoms with Crippen LogP contribution in [0.25, 0.3) is 0 Å². The molecule has 1 amide bonds. The Balaban J connectivity index is 1.77. The lowest BCUT2D eigenvalue weighted by Crippen LogP contribution is -2.33. The van der Waals surface area contributed by atoms with Gasteiger partial charge in [0.1, 0.15) is 11.8 Å². The lowest BCUT2D eigenvalue weighted by Gasteiger charge is -2.17. The summed E-state index contributed by atoms with van der Waals surface area (Å²) in [6.07, 6.45) is 1.70. The third kappa shape index (κ3) is 5.83. The van der Waals surface area contributed by atoms with E-state index in [9.17, 15) is 9.90 Å². The Kier molecular flexibility index (Phi) is 8.58. The number of aliphatic hydroxyl groups is 1. The molecule has 0 spiro atoms. The van der Waals surface area contributed by atoms with Gasteiger partial charge in [-0.3, -0.25) is 4.79 Å². The van der Waals surface area contributed by atoms with E-state index in [1.54, 1.807) is 49.6 Å². The number of aromatic nitrogens is 3. The number of amides is 1. The second-order valence-corrected chi connectivity index (χ2v) is 8.47. The molecule has 0 aliphatic rings. The predicted molar refractivity (Wildman–Crippen MR) is 127 cm³/mol. The molecule has 1 atom stereocenters. The fraction of sp³-hybridized carbons (Fsp3) is 0.227. The van der Waals surface area contributed by atoms with Gasteiger partial charge in [-0.2, -0.15) is 0 Å². The van der Waals surface area contributed by atoms with E-state index < -0.39 is 6.04 Å². The first kappa shape index (κ1) is 24.1. The molecule has 168 valence electrons. The van der Waals surface area contributed by atoms with E-state index in [2.05, 4.69) is 22.1 Å². The predicted octanol–water partition coefficient (Wildman–Crippen LogP) is 4.54. The van der Waals surface area contributed by atoms with Gasteiger partial charge in [-0.25, -0.2) is 0 Å². The number of carbonyl (C=O) groups excluding carboxylic acids is 1. The largest absolute Gasteiger partial charge is 0.497 e. The van der Waals surface area contributed by atoms with E-state index in [-0.39, 0.29) is 12.5 Å². The Morgan fingerprint density at radius 2 is 2.00 bits per heavy atom. The molecular weight excluding hydrogens is 471 g/mol. The SMILES string of the molecule is C=CCn1c(SCc2ccc(Cl)c(Cl)c2)nnc1[C@@H](CO)NC(=O)c1ccc(OC)cc1. The van der Waals surface area contributed by atoms with Crippen molar-refractivity contribution < 1.29 is 14.6 Å². The van der Waals surface area contributed by atoms with Crippen LogP contribution in [0.1, 0.15) is 27.8 Å². The van der Waals surface area contributed by atoms with Gasteiger partial charge in [-0.15, -0.1) is 16.8 Å². The second-order valence-electron chi connectivity index (χ2n) is 6.71. The number of carbonyl (C=O) groups is 1. The van der Waals surface area contributed by atoms with Crippen LogP contribution in [0.2, 0.25) is 10.0 Å². The van der Waals surface area contributed by atoms with Gasteiger partial charge in [0.25, 0.3) is 5.91 Å². The zero-order chi connectivity index (χ0) is 23.1. The van der Waals surface area contributed by atoms with Crippen LogP contribution in [0.15, 0.2) is 60.3 Å². The molecule has 3 rings (SSSR count). The number of benzene rings is 2. The average Bonchev–Trinajstić information content (AvgIpc) is 3.20. The summed E-state index contributed by atoms with van der Waals surface area (Å²) in [5, 5.41) is 22.8. The van der Waals surface area contributed by atoms with Crippen molar-refractivity contribution >= 4 is 40.9 Å². The number of hydrogen-bond acceptors (Lipinski definition) is 6. The zero-order valence-corrected chi connectivity index (χ0v) is 19.6. The van der Waals surface area contributed by atoms with Gasteiger partial charge in [0.05, 0.1) is 23.8 Å². The van der Waals surface area contributed by atoms with Gasteiger partial charge < -0.3 is 19.7 Å². The van der Waals surface area contributed by atoms with E-state index in [0.29, 0.717) is 44.6 Å². The Hall–Kier alpha value is -2.52. The molecule has 2 aromatic carbocycles. The summed E-state index contributed by atoms with van der Waals surface area (Å²) in [6.45, 7) is 3.87. The molecular formula is C22H22Cl2N4O3S. The van der Waals surface area contributed by atoms with Crippen molar-refractivity contribution in [2.75, 3.05) is 13.7 Å². The van der Waals surface area contributed by atoms with Crippen molar-refractivity contribution in [1.29, 1.82) is 0 Å². The minimum Gasteiger partial charge on any atom is -0.497 e. The highest BCUT2D eigenvalue weighted by atomic mass is 35.5. The number of methoxy groups -OCH3 is 1. The van der Waals surface area contributed by atoms with Crippen LogP contribution in [-0.4, -0.2) is 39.5 Å². The molecule has 3 aromatic rings. The number of nitrogens with one attached hydrogen (secondary N) is 1. The Morgan fingerprint density at radius 1 is 1.25 bits per heavy atom. The van der Waals surface area contributed by atoms with Gasteiger partial charge in [-0.1, -0.05) is 47.1 Å². The molecule has 1 aromatic heterocycles. The first-order chi connectivity index (χ1) is 15.5. The number of thioether (sulfide) groups is 1. The molecule has 0 saturated carbocycles. The van der Waals surface area contributed by atoms with E-state index >= 15 is 0 Å². The molecule has 2 N–H and O–H groups in total. The van der Waals surface area contributed by atoms with Crippen molar-refractivity contribution in [2.24, 2.45) is 0 Å². The molecule has 1 heterocycles. The Bertz CT molecular complexity index is 1090. The monoisotopic (exact) mass is 492 g/mol. The van der Waals surface area contributed by atoms with E-state index in [0.717, 1.165) is 5.56 Å². The van der Waals surface area contributed by atoms with Gasteiger partial charge in [-0.05, 0) is 42.0 Å². The summed E-state index contributed by atoms with van der Waals surface area (Å²) >= 11 is 13.5. The van der Waals surface area contributed by atoms with E-state index in [1.165, 1.54) is 11.8 Å². The van der Waals surface area contributed by atoms with Gasteiger partial charge in [0.15, 0.2) is 11.0 Å². The Labute approximate surface area is 200 Å². The van der Waals surface area contributed by atoms with Crippen LogP contribution in [-0.2, 0) is 12.3 Å². The number of nitrogens with zero attached hydrogens (tertiary/aromatic N) is 3. The number of hydrogen-bond donors (Lipinski definition) is 2. The second kappa shape index (κ2) is 11.4. The van der Waals surface area contributed by atoms with Crippen LogP contribution in [0.4, 0.5) is 0 Å². The van der Waals surface area contributed by atoms with Crippen molar-refractivity contribution in [3.8, 4) is 5.75 Å². The summed E-state index contributed by atoms with van der Waals surface area (Å²) in [5.41, 5.74) is 1.42. The molecule has 7 nitrogen and oxygen atoms in total. The molecule has 32 heavy (non-hydrogen) atoms. The topological polar surface area (TPSA) is 89.3 Å².